The highest BCUT2D eigenvalue weighted by Gasteiger charge is 2.06. The van der Waals surface area contributed by atoms with Crippen LogP contribution in [0.25, 0.3) is 5.70 Å². The molecule has 0 spiro atoms. The fourth-order valence-electron chi connectivity index (χ4n) is 1.37. The lowest BCUT2D eigenvalue weighted by Crippen LogP contribution is -2.09. The van der Waals surface area contributed by atoms with Gasteiger partial charge in [-0.15, -0.1) is 0 Å². The van der Waals surface area contributed by atoms with Crippen LogP contribution in [0.2, 0.25) is 0 Å². The van der Waals surface area contributed by atoms with E-state index in [2.05, 4.69) is 10.3 Å². The SMILES string of the molecule is COC(/C=C(\N)c1cnc(NC(C)=O)cc1N)=C/N. The summed E-state index contributed by atoms with van der Waals surface area (Å²) in [5.41, 5.74) is 18.4. The normalized spacial score (nSPS) is 12.1. The smallest absolute Gasteiger partial charge is 0.222 e. The van der Waals surface area contributed by atoms with Gasteiger partial charge in [0.1, 0.15) is 11.6 Å². The average molecular weight is 263 g/mol. The molecule has 0 aliphatic heterocycles. The Morgan fingerprint density at radius 3 is 2.68 bits per heavy atom. The number of allylic oxidation sites excluding steroid dienone is 1. The molecule has 7 nitrogen and oxygen atoms in total. The van der Waals surface area contributed by atoms with Crippen LogP contribution in [0.15, 0.2) is 30.3 Å². The third-order valence-electron chi connectivity index (χ3n) is 2.25. The van der Waals surface area contributed by atoms with Gasteiger partial charge in [-0.1, -0.05) is 0 Å². The summed E-state index contributed by atoms with van der Waals surface area (Å²) in [6, 6.07) is 1.52. The van der Waals surface area contributed by atoms with E-state index in [1.807, 2.05) is 0 Å². The molecule has 7 heteroatoms. The van der Waals surface area contributed by atoms with Gasteiger partial charge in [-0.25, -0.2) is 4.98 Å². The number of amides is 1. The monoisotopic (exact) mass is 263 g/mol. The van der Waals surface area contributed by atoms with E-state index >= 15 is 0 Å². The highest BCUT2D eigenvalue weighted by molar-refractivity contribution is 5.88. The van der Waals surface area contributed by atoms with Crippen LogP contribution < -0.4 is 22.5 Å². The van der Waals surface area contributed by atoms with Gasteiger partial charge in [-0.2, -0.15) is 0 Å². The number of ether oxygens (including phenoxy) is 1. The fraction of sp³-hybridized carbons (Fsp3) is 0.167. The van der Waals surface area contributed by atoms with Crippen molar-refractivity contribution in [2.24, 2.45) is 11.5 Å². The van der Waals surface area contributed by atoms with E-state index in [-0.39, 0.29) is 5.91 Å². The maximum Gasteiger partial charge on any atom is 0.222 e. The highest BCUT2D eigenvalue weighted by Crippen LogP contribution is 2.20. The summed E-state index contributed by atoms with van der Waals surface area (Å²) in [7, 11) is 1.48. The Bertz CT molecular complexity index is 537. The molecule has 0 saturated heterocycles. The number of methoxy groups -OCH3 is 1. The Labute approximate surface area is 111 Å². The zero-order chi connectivity index (χ0) is 14.4. The molecule has 0 bridgehead atoms. The van der Waals surface area contributed by atoms with E-state index in [4.69, 9.17) is 21.9 Å². The Morgan fingerprint density at radius 2 is 2.21 bits per heavy atom. The maximum absolute atomic E-state index is 10.9. The zero-order valence-electron chi connectivity index (χ0n) is 10.8. The fourth-order valence-corrected chi connectivity index (χ4v) is 1.37. The Morgan fingerprint density at radius 1 is 1.53 bits per heavy atom. The molecule has 19 heavy (non-hydrogen) atoms. The van der Waals surface area contributed by atoms with Crippen molar-refractivity contribution >= 4 is 23.1 Å². The molecule has 0 radical (unpaired) electrons. The molecule has 1 rings (SSSR count). The zero-order valence-corrected chi connectivity index (χ0v) is 10.8. The summed E-state index contributed by atoms with van der Waals surface area (Å²) >= 11 is 0. The van der Waals surface area contributed by atoms with Crippen molar-refractivity contribution in [3.63, 3.8) is 0 Å². The van der Waals surface area contributed by atoms with E-state index < -0.39 is 0 Å². The molecule has 0 fully saturated rings. The molecule has 102 valence electrons. The van der Waals surface area contributed by atoms with Crippen LogP contribution in [-0.2, 0) is 9.53 Å². The summed E-state index contributed by atoms with van der Waals surface area (Å²) < 4.78 is 4.97. The number of nitrogen functional groups attached to an aromatic ring is 1. The number of hydrogen-bond donors (Lipinski definition) is 4. The van der Waals surface area contributed by atoms with E-state index in [1.165, 1.54) is 38.6 Å². The number of aromatic nitrogens is 1. The van der Waals surface area contributed by atoms with Crippen molar-refractivity contribution < 1.29 is 9.53 Å². The van der Waals surface area contributed by atoms with E-state index in [0.29, 0.717) is 28.5 Å². The predicted molar refractivity (Wildman–Crippen MR) is 74.4 cm³/mol. The lowest BCUT2D eigenvalue weighted by Gasteiger charge is -2.09. The second-order valence-corrected chi connectivity index (χ2v) is 3.71. The molecule has 1 heterocycles. The predicted octanol–water partition coefficient (Wildman–Crippen LogP) is 0.368. The van der Waals surface area contributed by atoms with Gasteiger partial charge in [-0.3, -0.25) is 4.79 Å². The minimum atomic E-state index is -0.226. The van der Waals surface area contributed by atoms with Gasteiger partial charge in [0.2, 0.25) is 5.91 Å². The second-order valence-electron chi connectivity index (χ2n) is 3.71. The Kier molecular flexibility index (Phi) is 4.76. The molecule has 0 unspecified atom stereocenters. The third kappa shape index (κ3) is 3.91. The van der Waals surface area contributed by atoms with Crippen LogP contribution in [0.4, 0.5) is 11.5 Å². The Hall–Kier alpha value is -2.70. The quantitative estimate of drug-likeness (QED) is 0.458. The summed E-state index contributed by atoms with van der Waals surface area (Å²) in [4.78, 5) is 14.9. The number of nitrogens with two attached hydrogens (primary N) is 3. The summed E-state index contributed by atoms with van der Waals surface area (Å²) in [5.74, 6) is 0.543. The van der Waals surface area contributed by atoms with Crippen LogP contribution in [-0.4, -0.2) is 18.0 Å². The van der Waals surface area contributed by atoms with Gasteiger partial charge in [0, 0.05) is 48.4 Å². The van der Waals surface area contributed by atoms with Gasteiger partial charge in [0.15, 0.2) is 0 Å². The first kappa shape index (κ1) is 14.4. The van der Waals surface area contributed by atoms with Crippen LogP contribution in [0.3, 0.4) is 0 Å². The lowest BCUT2D eigenvalue weighted by atomic mass is 10.1. The van der Waals surface area contributed by atoms with Crippen molar-refractivity contribution in [1.29, 1.82) is 0 Å². The maximum atomic E-state index is 10.9. The third-order valence-corrected chi connectivity index (χ3v) is 2.25. The van der Waals surface area contributed by atoms with Crippen molar-refractivity contribution in [2.75, 3.05) is 18.2 Å². The second kappa shape index (κ2) is 6.29. The molecule has 1 aromatic rings. The number of carbonyl (C=O) groups excluding carboxylic acids is 1. The number of anilines is 2. The molecule has 0 aromatic carbocycles. The molecule has 0 saturated carbocycles. The topological polar surface area (TPSA) is 129 Å². The number of rotatable bonds is 4. The molecule has 0 aliphatic carbocycles. The van der Waals surface area contributed by atoms with Crippen LogP contribution in [0.5, 0.6) is 0 Å². The van der Waals surface area contributed by atoms with Gasteiger partial charge >= 0.3 is 0 Å². The largest absolute Gasteiger partial charge is 0.495 e. The van der Waals surface area contributed by atoms with Gasteiger partial charge in [0.25, 0.3) is 0 Å². The molecule has 1 amide bonds. The number of hydrogen-bond acceptors (Lipinski definition) is 6. The molecular weight excluding hydrogens is 246 g/mol. The Balaban J connectivity index is 3.05. The number of pyridine rings is 1. The molecule has 1 aromatic heterocycles. The van der Waals surface area contributed by atoms with Gasteiger partial charge in [-0.05, 0) is 0 Å². The van der Waals surface area contributed by atoms with Crippen molar-refractivity contribution in [2.45, 2.75) is 6.92 Å². The van der Waals surface area contributed by atoms with E-state index in [9.17, 15) is 4.79 Å². The van der Waals surface area contributed by atoms with Crippen LogP contribution >= 0.6 is 0 Å². The molecular formula is C12H17N5O2. The van der Waals surface area contributed by atoms with E-state index in [0.717, 1.165) is 0 Å². The number of nitrogens with one attached hydrogen (secondary N) is 1. The van der Waals surface area contributed by atoms with Gasteiger partial charge in [0.05, 0.1) is 7.11 Å². The van der Waals surface area contributed by atoms with Crippen molar-refractivity contribution in [3.8, 4) is 0 Å². The first-order chi connectivity index (χ1) is 8.97. The van der Waals surface area contributed by atoms with Crippen molar-refractivity contribution in [3.05, 3.63) is 35.9 Å². The minimum Gasteiger partial charge on any atom is -0.495 e. The number of carbonyl (C=O) groups is 1. The highest BCUT2D eigenvalue weighted by atomic mass is 16.5. The summed E-state index contributed by atoms with van der Waals surface area (Å²) in [6.07, 6.45) is 4.28. The average Bonchev–Trinajstić information content (AvgIpc) is 2.35. The first-order valence-corrected chi connectivity index (χ1v) is 5.44. The molecule has 0 atom stereocenters. The first-order valence-electron chi connectivity index (χ1n) is 5.44. The summed E-state index contributed by atoms with van der Waals surface area (Å²) in [6.45, 7) is 1.39. The van der Waals surface area contributed by atoms with Crippen molar-refractivity contribution in [1.82, 2.24) is 4.98 Å². The molecule has 7 N–H and O–H groups in total. The van der Waals surface area contributed by atoms with E-state index in [1.54, 1.807) is 0 Å². The standard InChI is InChI=1S/C12H17N5O2/c1-7(18)17-12-4-11(15)9(6-16-12)10(14)3-8(5-13)19-2/h3-6H,13-14H2,1-2H3,(H3,15,16,17,18)/b8-5+,10-3-. The minimum absolute atomic E-state index is 0.226. The lowest BCUT2D eigenvalue weighted by molar-refractivity contribution is -0.114. The van der Waals surface area contributed by atoms with Crippen LogP contribution in [0.1, 0.15) is 12.5 Å². The van der Waals surface area contributed by atoms with Crippen LogP contribution in [0, 0.1) is 0 Å². The van der Waals surface area contributed by atoms with Gasteiger partial charge < -0.3 is 27.3 Å². The number of nitrogens with zero attached hydrogens (tertiary/aromatic N) is 1. The molecule has 0 aliphatic rings. The summed E-state index contributed by atoms with van der Waals surface area (Å²) in [5, 5.41) is 2.53.